The van der Waals surface area contributed by atoms with Crippen molar-refractivity contribution in [3.63, 3.8) is 0 Å². The first kappa shape index (κ1) is 12.7. The van der Waals surface area contributed by atoms with Crippen LogP contribution in [0.4, 0.5) is 4.79 Å². The SMILES string of the molecule is C#CC(CC)NC(=O)N1CSC[C@H]1C(=O)O. The summed E-state index contributed by atoms with van der Waals surface area (Å²) in [7, 11) is 0. The number of nitrogens with zero attached hydrogens (tertiary/aromatic N) is 1. The van der Waals surface area contributed by atoms with E-state index in [4.69, 9.17) is 11.5 Å². The van der Waals surface area contributed by atoms with Gasteiger partial charge >= 0.3 is 12.0 Å². The van der Waals surface area contributed by atoms with E-state index in [-0.39, 0.29) is 6.04 Å². The minimum absolute atomic E-state index is 0.340. The molecule has 2 amide bonds. The van der Waals surface area contributed by atoms with Gasteiger partial charge in [-0.1, -0.05) is 12.8 Å². The molecule has 88 valence electrons. The molecule has 2 N–H and O–H groups in total. The Bertz CT molecular complexity index is 327. The molecular weight excluding hydrogens is 228 g/mol. The first-order valence-corrected chi connectivity index (χ1v) is 6.09. The van der Waals surface area contributed by atoms with Crippen LogP contribution in [-0.4, -0.2) is 45.7 Å². The zero-order valence-electron chi connectivity index (χ0n) is 8.97. The summed E-state index contributed by atoms with van der Waals surface area (Å²) in [5.41, 5.74) is 0. The number of terminal acetylenes is 1. The van der Waals surface area contributed by atoms with Crippen LogP contribution in [-0.2, 0) is 4.79 Å². The predicted molar refractivity (Wildman–Crippen MR) is 62.0 cm³/mol. The molecule has 2 atom stereocenters. The molecule has 0 aromatic rings. The van der Waals surface area contributed by atoms with Gasteiger partial charge in [-0.05, 0) is 6.42 Å². The van der Waals surface area contributed by atoms with E-state index in [0.717, 1.165) is 0 Å². The topological polar surface area (TPSA) is 69.6 Å². The minimum Gasteiger partial charge on any atom is -0.480 e. The molecule has 0 saturated carbocycles. The predicted octanol–water partition coefficient (Wildman–Crippen LogP) is 0.567. The first-order valence-electron chi connectivity index (χ1n) is 4.94. The number of carboxylic acids is 1. The third kappa shape index (κ3) is 2.83. The largest absolute Gasteiger partial charge is 0.480 e. The molecule has 1 aliphatic rings. The van der Waals surface area contributed by atoms with Gasteiger partial charge in [0.1, 0.15) is 6.04 Å². The highest BCUT2D eigenvalue weighted by molar-refractivity contribution is 7.99. The summed E-state index contributed by atoms with van der Waals surface area (Å²) in [6.07, 6.45) is 5.85. The molecule has 1 fully saturated rings. The van der Waals surface area contributed by atoms with Gasteiger partial charge in [-0.25, -0.2) is 9.59 Å². The lowest BCUT2D eigenvalue weighted by Gasteiger charge is -2.22. The zero-order chi connectivity index (χ0) is 12.1. The third-order valence-electron chi connectivity index (χ3n) is 2.34. The van der Waals surface area contributed by atoms with Gasteiger partial charge in [-0.2, -0.15) is 0 Å². The molecule has 0 spiro atoms. The molecule has 1 rings (SSSR count). The van der Waals surface area contributed by atoms with E-state index >= 15 is 0 Å². The van der Waals surface area contributed by atoms with E-state index in [1.807, 2.05) is 6.92 Å². The van der Waals surface area contributed by atoms with Crippen molar-refractivity contribution in [1.82, 2.24) is 10.2 Å². The summed E-state index contributed by atoms with van der Waals surface area (Å²) in [6, 6.07) is -1.49. The molecule has 0 aromatic carbocycles. The number of hydrogen-bond acceptors (Lipinski definition) is 3. The van der Waals surface area contributed by atoms with E-state index in [9.17, 15) is 9.59 Å². The average Bonchev–Trinajstić information content (AvgIpc) is 2.74. The molecule has 1 aliphatic heterocycles. The summed E-state index contributed by atoms with van der Waals surface area (Å²) in [5, 5.41) is 11.5. The molecule has 0 aromatic heterocycles. The summed E-state index contributed by atoms with van der Waals surface area (Å²) in [4.78, 5) is 23.9. The van der Waals surface area contributed by atoms with Crippen LogP contribution in [0, 0.1) is 12.3 Å². The Labute approximate surface area is 98.6 Å². The fourth-order valence-corrected chi connectivity index (χ4v) is 2.49. The van der Waals surface area contributed by atoms with E-state index in [0.29, 0.717) is 18.1 Å². The van der Waals surface area contributed by atoms with Gasteiger partial charge in [-0.15, -0.1) is 18.2 Å². The van der Waals surface area contributed by atoms with Crippen molar-refractivity contribution >= 4 is 23.8 Å². The maximum Gasteiger partial charge on any atom is 0.327 e. The minimum atomic E-state index is -0.978. The molecule has 0 radical (unpaired) electrons. The lowest BCUT2D eigenvalue weighted by molar-refractivity contribution is -0.140. The standard InChI is InChI=1S/C10H14N2O3S/c1-3-7(4-2)11-10(15)12-6-16-5-8(12)9(13)14/h1,7-8H,4-6H2,2H3,(H,11,15)(H,13,14)/t7?,8-/m0/s1. The maximum atomic E-state index is 11.7. The Hall–Kier alpha value is -1.35. The van der Waals surface area contributed by atoms with E-state index < -0.39 is 18.0 Å². The Morgan fingerprint density at radius 1 is 1.75 bits per heavy atom. The fourth-order valence-electron chi connectivity index (χ4n) is 1.34. The highest BCUT2D eigenvalue weighted by Crippen LogP contribution is 2.20. The van der Waals surface area contributed by atoms with Gasteiger partial charge in [-0.3, -0.25) is 0 Å². The number of amides is 2. The monoisotopic (exact) mass is 242 g/mol. The molecule has 1 heterocycles. The normalized spacial score (nSPS) is 21.2. The zero-order valence-corrected chi connectivity index (χ0v) is 9.79. The summed E-state index contributed by atoms with van der Waals surface area (Å²) >= 11 is 1.42. The molecule has 16 heavy (non-hydrogen) atoms. The van der Waals surface area contributed by atoms with Crippen LogP contribution in [0.2, 0.25) is 0 Å². The van der Waals surface area contributed by atoms with Gasteiger partial charge in [0.05, 0.1) is 11.9 Å². The van der Waals surface area contributed by atoms with E-state index in [1.54, 1.807) is 0 Å². The lowest BCUT2D eigenvalue weighted by atomic mass is 10.2. The van der Waals surface area contributed by atoms with Crippen LogP contribution >= 0.6 is 11.8 Å². The number of urea groups is 1. The van der Waals surface area contributed by atoms with Crippen molar-refractivity contribution in [2.45, 2.75) is 25.4 Å². The van der Waals surface area contributed by atoms with Gasteiger partial charge < -0.3 is 15.3 Å². The number of aliphatic carboxylic acids is 1. The molecule has 0 bridgehead atoms. The van der Waals surface area contributed by atoms with E-state index in [2.05, 4.69) is 11.2 Å². The smallest absolute Gasteiger partial charge is 0.327 e. The van der Waals surface area contributed by atoms with Crippen LogP contribution < -0.4 is 5.32 Å². The molecular formula is C10H14N2O3S. The number of hydrogen-bond donors (Lipinski definition) is 2. The van der Waals surface area contributed by atoms with Crippen molar-refractivity contribution in [2.75, 3.05) is 11.6 Å². The summed E-state index contributed by atoms with van der Waals surface area (Å²) in [5.74, 6) is 2.28. The number of carbonyl (C=O) groups is 2. The van der Waals surface area contributed by atoms with Crippen LogP contribution in [0.5, 0.6) is 0 Å². The van der Waals surface area contributed by atoms with Gasteiger partial charge in [0.2, 0.25) is 0 Å². The van der Waals surface area contributed by atoms with Crippen molar-refractivity contribution in [1.29, 1.82) is 0 Å². The lowest BCUT2D eigenvalue weighted by Crippen LogP contribution is -2.49. The average molecular weight is 242 g/mol. The Morgan fingerprint density at radius 2 is 2.44 bits per heavy atom. The third-order valence-corrected chi connectivity index (χ3v) is 3.35. The Balaban J connectivity index is 2.60. The highest BCUT2D eigenvalue weighted by atomic mass is 32.2. The Kier molecular flexibility index (Phi) is 4.50. The van der Waals surface area contributed by atoms with Crippen molar-refractivity contribution in [2.24, 2.45) is 0 Å². The van der Waals surface area contributed by atoms with Gasteiger partial charge in [0.15, 0.2) is 0 Å². The quantitative estimate of drug-likeness (QED) is 0.710. The van der Waals surface area contributed by atoms with Crippen LogP contribution in [0.25, 0.3) is 0 Å². The second kappa shape index (κ2) is 5.66. The number of rotatable bonds is 3. The summed E-state index contributed by atoms with van der Waals surface area (Å²) in [6.45, 7) is 1.86. The highest BCUT2D eigenvalue weighted by Gasteiger charge is 2.34. The van der Waals surface area contributed by atoms with Crippen LogP contribution in [0.1, 0.15) is 13.3 Å². The van der Waals surface area contributed by atoms with Crippen molar-refractivity contribution in [3.05, 3.63) is 0 Å². The Morgan fingerprint density at radius 3 is 2.94 bits per heavy atom. The second-order valence-electron chi connectivity index (χ2n) is 3.40. The van der Waals surface area contributed by atoms with Gasteiger partial charge in [0, 0.05) is 5.75 Å². The van der Waals surface area contributed by atoms with Gasteiger partial charge in [0.25, 0.3) is 0 Å². The molecule has 6 heteroatoms. The second-order valence-corrected chi connectivity index (χ2v) is 4.40. The van der Waals surface area contributed by atoms with Crippen LogP contribution in [0.15, 0.2) is 0 Å². The number of carbonyl (C=O) groups excluding carboxylic acids is 1. The van der Waals surface area contributed by atoms with E-state index in [1.165, 1.54) is 16.7 Å². The first-order chi connectivity index (χ1) is 7.60. The van der Waals surface area contributed by atoms with Crippen LogP contribution in [0.3, 0.4) is 0 Å². The number of carboxylic acid groups (broad SMARTS) is 1. The number of thioether (sulfide) groups is 1. The maximum absolute atomic E-state index is 11.7. The fraction of sp³-hybridized carbons (Fsp3) is 0.600. The number of nitrogens with one attached hydrogen (secondary N) is 1. The molecule has 0 aliphatic carbocycles. The van der Waals surface area contributed by atoms with Crippen molar-refractivity contribution < 1.29 is 14.7 Å². The van der Waals surface area contributed by atoms with Crippen molar-refractivity contribution in [3.8, 4) is 12.3 Å². The molecule has 1 unspecified atom stereocenters. The summed E-state index contributed by atoms with van der Waals surface area (Å²) < 4.78 is 0. The molecule has 5 nitrogen and oxygen atoms in total. The molecule has 1 saturated heterocycles.